The number of methoxy groups -OCH3 is 1. The van der Waals surface area contributed by atoms with Gasteiger partial charge in [-0.2, -0.15) is 0 Å². The van der Waals surface area contributed by atoms with Gasteiger partial charge < -0.3 is 10.1 Å². The molecule has 0 fully saturated rings. The van der Waals surface area contributed by atoms with Gasteiger partial charge in [0, 0.05) is 10.4 Å². The summed E-state index contributed by atoms with van der Waals surface area (Å²) in [7, 11) is 1.34. The van der Waals surface area contributed by atoms with E-state index in [9.17, 15) is 14.0 Å². The summed E-state index contributed by atoms with van der Waals surface area (Å²) < 4.78 is 18.0. The molecule has 1 N–H and O–H groups in total. The van der Waals surface area contributed by atoms with Crippen molar-refractivity contribution in [1.29, 1.82) is 0 Å². The van der Waals surface area contributed by atoms with E-state index in [4.69, 9.17) is 4.74 Å². The van der Waals surface area contributed by atoms with Crippen LogP contribution >= 0.6 is 11.3 Å². The fourth-order valence-corrected chi connectivity index (χ4v) is 4.53. The standard InChI is InChI=1S/C19H20FNO3S/c1-3-11-4-9-14-15(10-11)25-18(16(14)19(23)24-2)21-17(22)12-5-7-13(20)8-6-12/h5-8,11H,3-4,9-10H2,1-2H3,(H,21,22). The zero-order valence-electron chi connectivity index (χ0n) is 14.2. The first-order chi connectivity index (χ1) is 12.0. The zero-order chi connectivity index (χ0) is 18.0. The fourth-order valence-electron chi connectivity index (χ4n) is 3.19. The van der Waals surface area contributed by atoms with E-state index >= 15 is 0 Å². The van der Waals surface area contributed by atoms with Crippen LogP contribution < -0.4 is 5.32 Å². The number of thiophene rings is 1. The van der Waals surface area contributed by atoms with Crippen LogP contribution in [0.1, 0.15) is 50.9 Å². The number of nitrogens with one attached hydrogen (secondary N) is 1. The number of rotatable bonds is 4. The summed E-state index contributed by atoms with van der Waals surface area (Å²) in [4.78, 5) is 25.9. The SMILES string of the molecule is CCC1CCc2c(sc(NC(=O)c3ccc(F)cc3)c2C(=O)OC)C1. The number of anilines is 1. The largest absolute Gasteiger partial charge is 0.465 e. The highest BCUT2D eigenvalue weighted by Gasteiger charge is 2.29. The Balaban J connectivity index is 1.92. The Kier molecular flexibility index (Phi) is 5.18. The molecule has 0 saturated carbocycles. The molecule has 0 radical (unpaired) electrons. The van der Waals surface area contributed by atoms with Crippen molar-refractivity contribution in [2.45, 2.75) is 32.6 Å². The van der Waals surface area contributed by atoms with Crippen LogP contribution in [-0.4, -0.2) is 19.0 Å². The quantitative estimate of drug-likeness (QED) is 0.819. The molecule has 4 nitrogen and oxygen atoms in total. The molecule has 1 heterocycles. The number of benzene rings is 1. The second kappa shape index (κ2) is 7.35. The van der Waals surface area contributed by atoms with Gasteiger partial charge in [-0.05, 0) is 55.0 Å². The van der Waals surface area contributed by atoms with E-state index in [1.165, 1.54) is 42.7 Å². The van der Waals surface area contributed by atoms with Crippen molar-refractivity contribution in [3.8, 4) is 0 Å². The van der Waals surface area contributed by atoms with Crippen LogP contribution in [-0.2, 0) is 17.6 Å². The third-order valence-electron chi connectivity index (χ3n) is 4.67. The molecule has 6 heteroatoms. The molecule has 1 unspecified atom stereocenters. The lowest BCUT2D eigenvalue weighted by Crippen LogP contribution is -2.16. The van der Waals surface area contributed by atoms with E-state index in [0.717, 1.165) is 36.1 Å². The van der Waals surface area contributed by atoms with Gasteiger partial charge in [-0.25, -0.2) is 9.18 Å². The molecule has 0 spiro atoms. The van der Waals surface area contributed by atoms with Crippen LogP contribution in [0.25, 0.3) is 0 Å². The van der Waals surface area contributed by atoms with Crippen molar-refractivity contribution in [2.75, 3.05) is 12.4 Å². The van der Waals surface area contributed by atoms with Crippen molar-refractivity contribution >= 4 is 28.2 Å². The number of amides is 1. The van der Waals surface area contributed by atoms with Crippen molar-refractivity contribution < 1.29 is 18.7 Å². The highest BCUT2D eigenvalue weighted by molar-refractivity contribution is 7.17. The predicted octanol–water partition coefficient (Wildman–Crippen LogP) is 4.44. The second-order valence-corrected chi connectivity index (χ2v) is 7.28. The van der Waals surface area contributed by atoms with E-state index in [0.29, 0.717) is 22.0 Å². The molecule has 1 atom stereocenters. The summed E-state index contributed by atoms with van der Waals surface area (Å²) in [6, 6.07) is 5.31. The summed E-state index contributed by atoms with van der Waals surface area (Å²) >= 11 is 1.44. The average Bonchev–Trinajstić information content (AvgIpc) is 2.98. The number of hydrogen-bond acceptors (Lipinski definition) is 4. The third kappa shape index (κ3) is 3.58. The van der Waals surface area contributed by atoms with Gasteiger partial charge >= 0.3 is 5.97 Å². The van der Waals surface area contributed by atoms with Crippen LogP contribution in [0.3, 0.4) is 0 Å². The molecule has 2 aromatic rings. The number of carbonyl (C=O) groups is 2. The van der Waals surface area contributed by atoms with Gasteiger partial charge in [0.15, 0.2) is 0 Å². The Hall–Kier alpha value is -2.21. The smallest absolute Gasteiger partial charge is 0.341 e. The van der Waals surface area contributed by atoms with E-state index < -0.39 is 11.8 Å². The summed E-state index contributed by atoms with van der Waals surface area (Å²) in [5.74, 6) is -0.584. The van der Waals surface area contributed by atoms with Crippen molar-refractivity contribution in [3.63, 3.8) is 0 Å². The summed E-state index contributed by atoms with van der Waals surface area (Å²) in [5.41, 5.74) is 1.80. The van der Waals surface area contributed by atoms with Crippen molar-refractivity contribution in [1.82, 2.24) is 0 Å². The molecule has 0 saturated heterocycles. The van der Waals surface area contributed by atoms with Gasteiger partial charge in [0.25, 0.3) is 5.91 Å². The number of ether oxygens (including phenoxy) is 1. The third-order valence-corrected chi connectivity index (χ3v) is 5.84. The molecular weight excluding hydrogens is 341 g/mol. The van der Waals surface area contributed by atoms with Gasteiger partial charge in [0.2, 0.25) is 0 Å². The van der Waals surface area contributed by atoms with E-state index in [1.54, 1.807) is 0 Å². The first-order valence-corrected chi connectivity index (χ1v) is 9.14. The minimum absolute atomic E-state index is 0.343. The van der Waals surface area contributed by atoms with Crippen LogP contribution in [0.5, 0.6) is 0 Å². The minimum Gasteiger partial charge on any atom is -0.465 e. The Labute approximate surface area is 150 Å². The van der Waals surface area contributed by atoms with Gasteiger partial charge in [-0.3, -0.25) is 4.79 Å². The Morgan fingerprint density at radius 3 is 2.68 bits per heavy atom. The molecule has 1 aromatic heterocycles. The Morgan fingerprint density at radius 2 is 2.04 bits per heavy atom. The number of fused-ring (bicyclic) bond motifs is 1. The predicted molar refractivity (Wildman–Crippen MR) is 95.8 cm³/mol. The highest BCUT2D eigenvalue weighted by Crippen LogP contribution is 2.40. The molecule has 1 amide bonds. The number of carbonyl (C=O) groups excluding carboxylic acids is 2. The summed E-state index contributed by atoms with van der Waals surface area (Å²) in [5, 5.41) is 3.32. The molecule has 3 rings (SSSR count). The highest BCUT2D eigenvalue weighted by atomic mass is 32.1. The maximum absolute atomic E-state index is 13.0. The van der Waals surface area contributed by atoms with Crippen LogP contribution in [0.2, 0.25) is 0 Å². The lowest BCUT2D eigenvalue weighted by molar-refractivity contribution is 0.0601. The molecule has 132 valence electrons. The molecular formula is C19H20FNO3S. The molecule has 1 aromatic carbocycles. The molecule has 1 aliphatic rings. The van der Waals surface area contributed by atoms with Gasteiger partial charge in [0.05, 0.1) is 12.7 Å². The van der Waals surface area contributed by atoms with Crippen molar-refractivity contribution in [3.05, 3.63) is 51.7 Å². The molecule has 0 bridgehead atoms. The van der Waals surface area contributed by atoms with E-state index in [1.807, 2.05) is 0 Å². The average molecular weight is 361 g/mol. The Bertz CT molecular complexity index is 798. The van der Waals surface area contributed by atoms with Gasteiger partial charge in [-0.1, -0.05) is 13.3 Å². The first-order valence-electron chi connectivity index (χ1n) is 8.33. The lowest BCUT2D eigenvalue weighted by atomic mass is 9.85. The number of esters is 1. The summed E-state index contributed by atoms with van der Waals surface area (Å²) in [6.07, 6.45) is 3.88. The normalized spacial score (nSPS) is 16.2. The molecule has 25 heavy (non-hydrogen) atoms. The molecule has 1 aliphatic carbocycles. The Morgan fingerprint density at radius 1 is 1.32 bits per heavy atom. The monoisotopic (exact) mass is 361 g/mol. The lowest BCUT2D eigenvalue weighted by Gasteiger charge is -2.20. The van der Waals surface area contributed by atoms with Gasteiger partial charge in [-0.15, -0.1) is 11.3 Å². The van der Waals surface area contributed by atoms with E-state index in [-0.39, 0.29) is 5.91 Å². The van der Waals surface area contributed by atoms with E-state index in [2.05, 4.69) is 12.2 Å². The van der Waals surface area contributed by atoms with Crippen LogP contribution in [0.4, 0.5) is 9.39 Å². The molecule has 0 aliphatic heterocycles. The van der Waals surface area contributed by atoms with Crippen molar-refractivity contribution in [2.24, 2.45) is 5.92 Å². The number of hydrogen-bond donors (Lipinski definition) is 1. The summed E-state index contributed by atoms with van der Waals surface area (Å²) in [6.45, 7) is 2.17. The topological polar surface area (TPSA) is 55.4 Å². The fraction of sp³-hybridized carbons (Fsp3) is 0.368. The second-order valence-electron chi connectivity index (χ2n) is 6.18. The number of halogens is 1. The minimum atomic E-state index is -0.429. The first kappa shape index (κ1) is 17.6. The zero-order valence-corrected chi connectivity index (χ0v) is 15.0. The maximum Gasteiger partial charge on any atom is 0.341 e. The van der Waals surface area contributed by atoms with Crippen LogP contribution in [0, 0.1) is 11.7 Å². The van der Waals surface area contributed by atoms with Crippen LogP contribution in [0.15, 0.2) is 24.3 Å². The van der Waals surface area contributed by atoms with Gasteiger partial charge in [0.1, 0.15) is 10.8 Å². The maximum atomic E-state index is 13.0.